The quantitative estimate of drug-likeness (QED) is 0.583. The van der Waals surface area contributed by atoms with E-state index < -0.39 is 4.92 Å². The summed E-state index contributed by atoms with van der Waals surface area (Å²) in [5, 5.41) is 17.1. The van der Waals surface area contributed by atoms with Gasteiger partial charge in [-0.1, -0.05) is 0 Å². The summed E-state index contributed by atoms with van der Waals surface area (Å²) in [4.78, 5) is 14.7. The zero-order chi connectivity index (χ0) is 14.8. The highest BCUT2D eigenvalue weighted by Gasteiger charge is 2.11. The van der Waals surface area contributed by atoms with Gasteiger partial charge in [-0.3, -0.25) is 15.1 Å². The maximum Gasteiger partial charge on any atom is 0.275 e. The van der Waals surface area contributed by atoms with Gasteiger partial charge in [-0.25, -0.2) is 0 Å². The fraction of sp³-hybridized carbons (Fsp3) is 0.0714. The monoisotopic (exact) mass is 301 g/mol. The summed E-state index contributed by atoms with van der Waals surface area (Å²) >= 11 is 1.59. The Morgan fingerprint density at radius 3 is 2.95 bits per heavy atom. The molecular formula is C14H11N3O3S. The third kappa shape index (κ3) is 2.63. The lowest BCUT2D eigenvalue weighted by Gasteiger charge is -2.09. The number of rotatable bonds is 4. The average Bonchev–Trinajstić information content (AvgIpc) is 2.96. The SMILES string of the molecule is COc1cc(Nc2cncc3sccc23)cc([N+](=O)[O-])c1. The maximum absolute atomic E-state index is 11.0. The van der Waals surface area contributed by atoms with Crippen LogP contribution >= 0.6 is 11.3 Å². The number of nitro benzene ring substituents is 1. The number of thiophene rings is 1. The minimum atomic E-state index is -0.447. The molecule has 1 aromatic carbocycles. The Morgan fingerprint density at radius 2 is 2.19 bits per heavy atom. The third-order valence-electron chi connectivity index (χ3n) is 3.00. The van der Waals surface area contributed by atoms with Gasteiger partial charge in [0.1, 0.15) is 5.75 Å². The van der Waals surface area contributed by atoms with E-state index in [1.54, 1.807) is 29.8 Å². The highest BCUT2D eigenvalue weighted by atomic mass is 32.1. The minimum Gasteiger partial charge on any atom is -0.496 e. The van der Waals surface area contributed by atoms with Gasteiger partial charge in [0.25, 0.3) is 5.69 Å². The molecule has 0 fully saturated rings. The molecule has 0 amide bonds. The molecule has 2 heterocycles. The van der Waals surface area contributed by atoms with Crippen molar-refractivity contribution in [2.75, 3.05) is 12.4 Å². The van der Waals surface area contributed by atoms with E-state index in [2.05, 4.69) is 10.3 Å². The molecule has 3 aromatic rings. The van der Waals surface area contributed by atoms with E-state index in [1.807, 2.05) is 11.4 Å². The molecule has 0 atom stereocenters. The van der Waals surface area contributed by atoms with Crippen molar-refractivity contribution in [2.24, 2.45) is 0 Å². The number of pyridine rings is 1. The van der Waals surface area contributed by atoms with E-state index >= 15 is 0 Å². The standard InChI is InChI=1S/C14H11N3O3S/c1-20-11-5-9(4-10(6-11)17(18)19)16-13-7-15-8-14-12(13)2-3-21-14/h2-8,16H,1H3. The van der Waals surface area contributed by atoms with Crippen molar-refractivity contribution in [3.05, 3.63) is 52.2 Å². The first kappa shape index (κ1) is 13.3. The van der Waals surface area contributed by atoms with Crippen LogP contribution in [-0.2, 0) is 0 Å². The number of methoxy groups -OCH3 is 1. The number of non-ortho nitro benzene ring substituents is 1. The van der Waals surface area contributed by atoms with Gasteiger partial charge in [-0.2, -0.15) is 0 Å². The highest BCUT2D eigenvalue weighted by molar-refractivity contribution is 7.17. The molecule has 0 aliphatic heterocycles. The first-order valence-corrected chi connectivity index (χ1v) is 6.97. The Labute approximate surface area is 124 Å². The lowest BCUT2D eigenvalue weighted by atomic mass is 10.2. The Balaban J connectivity index is 2.03. The number of ether oxygens (including phenoxy) is 1. The van der Waals surface area contributed by atoms with Crippen LogP contribution in [0.1, 0.15) is 0 Å². The normalized spacial score (nSPS) is 10.5. The lowest BCUT2D eigenvalue weighted by molar-refractivity contribution is -0.384. The van der Waals surface area contributed by atoms with E-state index in [1.165, 1.54) is 19.2 Å². The van der Waals surface area contributed by atoms with Crippen LogP contribution in [0.5, 0.6) is 5.75 Å². The molecule has 6 nitrogen and oxygen atoms in total. The van der Waals surface area contributed by atoms with Crippen molar-refractivity contribution in [3.63, 3.8) is 0 Å². The van der Waals surface area contributed by atoms with E-state index in [-0.39, 0.29) is 5.69 Å². The lowest BCUT2D eigenvalue weighted by Crippen LogP contribution is -1.96. The summed E-state index contributed by atoms with van der Waals surface area (Å²) in [6.45, 7) is 0. The number of aromatic nitrogens is 1. The summed E-state index contributed by atoms with van der Waals surface area (Å²) in [6, 6.07) is 6.54. The van der Waals surface area contributed by atoms with Crippen LogP contribution in [0, 0.1) is 10.1 Å². The first-order valence-electron chi connectivity index (χ1n) is 6.09. The second-order valence-corrected chi connectivity index (χ2v) is 5.27. The summed E-state index contributed by atoms with van der Waals surface area (Å²) in [5.74, 6) is 0.428. The largest absolute Gasteiger partial charge is 0.496 e. The Morgan fingerprint density at radius 1 is 1.33 bits per heavy atom. The summed E-state index contributed by atoms with van der Waals surface area (Å²) in [5.41, 5.74) is 1.36. The Bertz CT molecular complexity index is 816. The van der Waals surface area contributed by atoms with Crippen molar-refractivity contribution >= 4 is 38.5 Å². The molecule has 7 heteroatoms. The highest BCUT2D eigenvalue weighted by Crippen LogP contribution is 2.32. The first-order chi connectivity index (χ1) is 10.2. The van der Waals surface area contributed by atoms with Crippen LogP contribution in [-0.4, -0.2) is 17.0 Å². The molecule has 1 N–H and O–H groups in total. The molecular weight excluding hydrogens is 290 g/mol. The van der Waals surface area contributed by atoms with Crippen LogP contribution < -0.4 is 10.1 Å². The zero-order valence-electron chi connectivity index (χ0n) is 11.1. The van der Waals surface area contributed by atoms with E-state index in [4.69, 9.17) is 4.74 Å². The number of hydrogen-bond acceptors (Lipinski definition) is 6. The van der Waals surface area contributed by atoms with Crippen LogP contribution in [0.3, 0.4) is 0 Å². The van der Waals surface area contributed by atoms with Gasteiger partial charge in [0.2, 0.25) is 0 Å². The van der Waals surface area contributed by atoms with Gasteiger partial charge in [0.15, 0.2) is 0 Å². The van der Waals surface area contributed by atoms with Crippen molar-refractivity contribution in [1.29, 1.82) is 0 Å². The molecule has 0 saturated carbocycles. The second-order valence-electron chi connectivity index (χ2n) is 4.32. The fourth-order valence-corrected chi connectivity index (χ4v) is 2.80. The predicted molar refractivity (Wildman–Crippen MR) is 82.6 cm³/mol. The molecule has 106 valence electrons. The van der Waals surface area contributed by atoms with Gasteiger partial charge in [-0.05, 0) is 11.4 Å². The van der Waals surface area contributed by atoms with Crippen LogP contribution in [0.25, 0.3) is 10.1 Å². The Kier molecular flexibility index (Phi) is 3.41. The summed E-state index contributed by atoms with van der Waals surface area (Å²) in [7, 11) is 1.48. The zero-order valence-corrected chi connectivity index (χ0v) is 11.9. The van der Waals surface area contributed by atoms with Crippen molar-refractivity contribution < 1.29 is 9.66 Å². The van der Waals surface area contributed by atoms with Crippen LogP contribution in [0.15, 0.2) is 42.0 Å². The van der Waals surface area contributed by atoms with Gasteiger partial charge >= 0.3 is 0 Å². The molecule has 3 rings (SSSR count). The molecule has 0 aliphatic rings. The average molecular weight is 301 g/mol. The van der Waals surface area contributed by atoms with E-state index in [0.29, 0.717) is 11.4 Å². The van der Waals surface area contributed by atoms with E-state index in [9.17, 15) is 10.1 Å². The van der Waals surface area contributed by atoms with Crippen LogP contribution in [0.4, 0.5) is 17.1 Å². The molecule has 2 aromatic heterocycles. The fourth-order valence-electron chi connectivity index (χ4n) is 2.03. The van der Waals surface area contributed by atoms with E-state index in [0.717, 1.165) is 15.8 Å². The number of nitro groups is 1. The van der Waals surface area contributed by atoms with Crippen LogP contribution in [0.2, 0.25) is 0 Å². The number of nitrogens with one attached hydrogen (secondary N) is 1. The summed E-state index contributed by atoms with van der Waals surface area (Å²) < 4.78 is 6.15. The molecule has 0 radical (unpaired) electrons. The number of nitrogens with zero attached hydrogens (tertiary/aromatic N) is 2. The minimum absolute atomic E-state index is 0.0256. The smallest absolute Gasteiger partial charge is 0.275 e. The number of hydrogen-bond donors (Lipinski definition) is 1. The predicted octanol–water partition coefficient (Wildman–Crippen LogP) is 3.96. The molecule has 0 bridgehead atoms. The molecule has 0 unspecified atom stereocenters. The number of benzene rings is 1. The van der Waals surface area contributed by atoms with Crippen molar-refractivity contribution in [3.8, 4) is 5.75 Å². The van der Waals surface area contributed by atoms with Crippen molar-refractivity contribution in [1.82, 2.24) is 4.98 Å². The number of anilines is 2. The van der Waals surface area contributed by atoms with Crippen molar-refractivity contribution in [2.45, 2.75) is 0 Å². The number of fused-ring (bicyclic) bond motifs is 1. The maximum atomic E-state index is 11.0. The molecule has 0 spiro atoms. The van der Waals surface area contributed by atoms with Gasteiger partial charge in [0, 0.05) is 29.4 Å². The summed E-state index contributed by atoms with van der Waals surface area (Å²) in [6.07, 6.45) is 3.49. The topological polar surface area (TPSA) is 77.3 Å². The molecule has 0 aliphatic carbocycles. The molecule has 21 heavy (non-hydrogen) atoms. The Hall–Kier alpha value is -2.67. The molecule has 0 saturated heterocycles. The second kappa shape index (κ2) is 5.37. The third-order valence-corrected chi connectivity index (χ3v) is 3.85. The van der Waals surface area contributed by atoms with Gasteiger partial charge < -0.3 is 10.1 Å². The van der Waals surface area contributed by atoms with Gasteiger partial charge in [-0.15, -0.1) is 11.3 Å². The van der Waals surface area contributed by atoms with Gasteiger partial charge in [0.05, 0.1) is 34.7 Å².